The van der Waals surface area contributed by atoms with Crippen LogP contribution in [0.3, 0.4) is 0 Å². The maximum Gasteiger partial charge on any atom is 0.251 e. The number of likely N-dealkylation sites (N-methyl/N-ethyl adjacent to an activating group) is 1. The Balaban J connectivity index is 1.99. The third kappa shape index (κ3) is 4.05. The quantitative estimate of drug-likeness (QED) is 0.881. The average Bonchev–Trinajstić information content (AvgIpc) is 2.55. The van der Waals surface area contributed by atoms with Crippen LogP contribution in [0.5, 0.6) is 11.5 Å². The highest BCUT2D eigenvalue weighted by atomic mass is 16.5. The summed E-state index contributed by atoms with van der Waals surface area (Å²) in [6.07, 6.45) is 3.26. The van der Waals surface area contributed by atoms with Gasteiger partial charge in [-0.2, -0.15) is 0 Å². The molecule has 2 aromatic rings. The maximum atomic E-state index is 12.0. The van der Waals surface area contributed by atoms with Gasteiger partial charge in [-0.05, 0) is 43.3 Å². The Kier molecular flexibility index (Phi) is 5.08. The number of hydrogen-bond donors (Lipinski definition) is 2. The predicted octanol–water partition coefficient (Wildman–Crippen LogP) is 1.74. The number of hydrogen-bond acceptors (Lipinski definition) is 4. The van der Waals surface area contributed by atoms with Crippen molar-refractivity contribution in [2.75, 3.05) is 7.05 Å². The molecule has 0 saturated carbocycles. The molecule has 1 heterocycles. The van der Waals surface area contributed by atoms with Gasteiger partial charge in [-0.15, -0.1) is 0 Å². The van der Waals surface area contributed by atoms with Gasteiger partial charge < -0.3 is 15.4 Å². The van der Waals surface area contributed by atoms with Crippen LogP contribution in [-0.4, -0.2) is 29.9 Å². The van der Waals surface area contributed by atoms with Crippen LogP contribution in [0.25, 0.3) is 0 Å². The lowest BCUT2D eigenvalue weighted by Crippen LogP contribution is -2.43. The van der Waals surface area contributed by atoms with E-state index in [1.165, 1.54) is 7.05 Å². The lowest BCUT2D eigenvalue weighted by molar-refractivity contribution is -0.122. The highest BCUT2D eigenvalue weighted by Gasteiger charge is 2.15. The van der Waals surface area contributed by atoms with Crippen LogP contribution in [0.4, 0.5) is 0 Å². The van der Waals surface area contributed by atoms with E-state index in [1.54, 1.807) is 55.7 Å². The van der Waals surface area contributed by atoms with Crippen LogP contribution in [0.2, 0.25) is 0 Å². The van der Waals surface area contributed by atoms with Crippen molar-refractivity contribution in [1.82, 2.24) is 15.6 Å². The summed E-state index contributed by atoms with van der Waals surface area (Å²) in [5, 5.41) is 5.09. The van der Waals surface area contributed by atoms with Crippen LogP contribution in [0, 0.1) is 0 Å². The summed E-state index contributed by atoms with van der Waals surface area (Å²) >= 11 is 0. The minimum absolute atomic E-state index is 0.245. The first kappa shape index (κ1) is 15.5. The molecule has 0 spiro atoms. The Labute approximate surface area is 128 Å². The van der Waals surface area contributed by atoms with Gasteiger partial charge in [0.2, 0.25) is 5.91 Å². The van der Waals surface area contributed by atoms with Gasteiger partial charge in [0.25, 0.3) is 5.91 Å². The number of ether oxygens (including phenoxy) is 1. The summed E-state index contributed by atoms with van der Waals surface area (Å²) < 4.78 is 5.59. The highest BCUT2D eigenvalue weighted by molar-refractivity contribution is 5.97. The van der Waals surface area contributed by atoms with Crippen molar-refractivity contribution in [2.24, 2.45) is 0 Å². The molecule has 0 saturated heterocycles. The fourth-order valence-corrected chi connectivity index (χ4v) is 1.78. The Bertz CT molecular complexity index is 641. The fraction of sp³-hybridized carbons (Fsp3) is 0.188. The standard InChI is InChI=1S/C16H17N3O3/c1-11(15(20)17-2)19-16(21)12-5-7-13(8-6-12)22-14-4-3-9-18-10-14/h3-11H,1-2H3,(H,17,20)(H,19,21). The van der Waals surface area contributed by atoms with Crippen molar-refractivity contribution in [3.8, 4) is 11.5 Å². The topological polar surface area (TPSA) is 80.3 Å². The van der Waals surface area contributed by atoms with Gasteiger partial charge in [-0.25, -0.2) is 0 Å². The zero-order valence-electron chi connectivity index (χ0n) is 12.4. The van der Waals surface area contributed by atoms with Gasteiger partial charge in [0, 0.05) is 18.8 Å². The summed E-state index contributed by atoms with van der Waals surface area (Å²) in [4.78, 5) is 27.3. The SMILES string of the molecule is CNC(=O)C(C)NC(=O)c1ccc(Oc2cccnc2)cc1. The molecule has 6 heteroatoms. The third-order valence-electron chi connectivity index (χ3n) is 2.97. The monoisotopic (exact) mass is 299 g/mol. The van der Waals surface area contributed by atoms with Gasteiger partial charge in [-0.1, -0.05) is 0 Å². The molecule has 0 aliphatic rings. The van der Waals surface area contributed by atoms with E-state index in [-0.39, 0.29) is 11.8 Å². The van der Waals surface area contributed by atoms with Crippen molar-refractivity contribution in [2.45, 2.75) is 13.0 Å². The molecule has 1 aromatic heterocycles. The number of rotatable bonds is 5. The Morgan fingerprint density at radius 3 is 2.45 bits per heavy atom. The van der Waals surface area contributed by atoms with Crippen molar-refractivity contribution >= 4 is 11.8 Å². The van der Waals surface area contributed by atoms with E-state index in [4.69, 9.17) is 4.74 Å². The van der Waals surface area contributed by atoms with Crippen LogP contribution >= 0.6 is 0 Å². The summed E-state index contributed by atoms with van der Waals surface area (Å²) in [5.41, 5.74) is 0.453. The zero-order chi connectivity index (χ0) is 15.9. The number of pyridine rings is 1. The first-order valence-corrected chi connectivity index (χ1v) is 6.80. The van der Waals surface area contributed by atoms with E-state index < -0.39 is 6.04 Å². The summed E-state index contributed by atoms with van der Waals surface area (Å²) in [6.45, 7) is 1.62. The van der Waals surface area contributed by atoms with Crippen molar-refractivity contribution < 1.29 is 14.3 Å². The highest BCUT2D eigenvalue weighted by Crippen LogP contribution is 2.20. The van der Waals surface area contributed by atoms with Gasteiger partial charge >= 0.3 is 0 Å². The number of benzene rings is 1. The molecule has 114 valence electrons. The summed E-state index contributed by atoms with van der Waals surface area (Å²) in [5.74, 6) is 0.658. The van der Waals surface area contributed by atoms with Gasteiger partial charge in [0.05, 0.1) is 6.20 Å². The van der Waals surface area contributed by atoms with Gasteiger partial charge in [0.1, 0.15) is 17.5 Å². The number of nitrogens with one attached hydrogen (secondary N) is 2. The Morgan fingerprint density at radius 1 is 1.14 bits per heavy atom. The number of carbonyl (C=O) groups is 2. The van der Waals surface area contributed by atoms with E-state index in [9.17, 15) is 9.59 Å². The molecule has 6 nitrogen and oxygen atoms in total. The van der Waals surface area contributed by atoms with Crippen molar-refractivity contribution in [1.29, 1.82) is 0 Å². The van der Waals surface area contributed by atoms with E-state index in [2.05, 4.69) is 15.6 Å². The number of aromatic nitrogens is 1. The molecule has 1 atom stereocenters. The molecule has 1 unspecified atom stereocenters. The second kappa shape index (κ2) is 7.21. The summed E-state index contributed by atoms with van der Waals surface area (Å²) in [6, 6.07) is 9.62. The normalized spacial score (nSPS) is 11.4. The second-order valence-corrected chi connectivity index (χ2v) is 4.62. The number of carbonyl (C=O) groups excluding carboxylic acids is 2. The van der Waals surface area contributed by atoms with Crippen molar-refractivity contribution in [3.05, 3.63) is 54.4 Å². The summed E-state index contributed by atoms with van der Waals surface area (Å²) in [7, 11) is 1.52. The van der Waals surface area contributed by atoms with Gasteiger partial charge in [0.15, 0.2) is 0 Å². The van der Waals surface area contributed by atoms with Crippen LogP contribution in [-0.2, 0) is 4.79 Å². The molecule has 2 amide bonds. The average molecular weight is 299 g/mol. The minimum atomic E-state index is -0.594. The van der Waals surface area contributed by atoms with Gasteiger partial charge in [-0.3, -0.25) is 14.6 Å². The number of nitrogens with zero attached hydrogens (tertiary/aromatic N) is 1. The molecule has 2 N–H and O–H groups in total. The molecular weight excluding hydrogens is 282 g/mol. The van der Waals surface area contributed by atoms with Crippen LogP contribution in [0.15, 0.2) is 48.8 Å². The lowest BCUT2D eigenvalue weighted by atomic mass is 10.2. The minimum Gasteiger partial charge on any atom is -0.456 e. The van der Waals surface area contributed by atoms with E-state index in [0.717, 1.165) is 0 Å². The smallest absolute Gasteiger partial charge is 0.251 e. The molecule has 2 rings (SSSR count). The molecule has 0 fully saturated rings. The van der Waals surface area contributed by atoms with Crippen LogP contribution in [0.1, 0.15) is 17.3 Å². The van der Waals surface area contributed by atoms with Crippen molar-refractivity contribution in [3.63, 3.8) is 0 Å². The maximum absolute atomic E-state index is 12.0. The Morgan fingerprint density at radius 2 is 1.86 bits per heavy atom. The molecule has 22 heavy (non-hydrogen) atoms. The first-order chi connectivity index (χ1) is 10.6. The third-order valence-corrected chi connectivity index (χ3v) is 2.97. The fourth-order valence-electron chi connectivity index (χ4n) is 1.78. The molecule has 0 radical (unpaired) electrons. The predicted molar refractivity (Wildman–Crippen MR) is 81.7 cm³/mol. The Hall–Kier alpha value is -2.89. The zero-order valence-corrected chi connectivity index (χ0v) is 12.4. The second-order valence-electron chi connectivity index (χ2n) is 4.62. The van der Waals surface area contributed by atoms with E-state index >= 15 is 0 Å². The molecule has 0 aliphatic carbocycles. The largest absolute Gasteiger partial charge is 0.456 e. The molecule has 0 aliphatic heterocycles. The van der Waals surface area contributed by atoms with E-state index in [1.807, 2.05) is 0 Å². The van der Waals surface area contributed by atoms with Crippen LogP contribution < -0.4 is 15.4 Å². The lowest BCUT2D eigenvalue weighted by Gasteiger charge is -2.12. The molecule has 0 bridgehead atoms. The molecular formula is C16H17N3O3. The molecule has 1 aromatic carbocycles. The number of amides is 2. The first-order valence-electron chi connectivity index (χ1n) is 6.80. The van der Waals surface area contributed by atoms with E-state index in [0.29, 0.717) is 17.1 Å².